The van der Waals surface area contributed by atoms with Gasteiger partial charge in [0.05, 0.1) is 26.4 Å². The van der Waals surface area contributed by atoms with Crippen molar-refractivity contribution in [1.82, 2.24) is 10.2 Å². The lowest BCUT2D eigenvalue weighted by Gasteiger charge is -2.13. The number of nitrogens with one attached hydrogen (secondary N) is 1. The highest BCUT2D eigenvalue weighted by Crippen LogP contribution is 2.05. The first-order chi connectivity index (χ1) is 10.6. The van der Waals surface area contributed by atoms with Crippen LogP contribution in [0.4, 0.5) is 0 Å². The van der Waals surface area contributed by atoms with Gasteiger partial charge in [0.1, 0.15) is 0 Å². The van der Waals surface area contributed by atoms with Crippen LogP contribution in [0.25, 0.3) is 0 Å². The van der Waals surface area contributed by atoms with Crippen LogP contribution in [0.1, 0.15) is 12.8 Å². The van der Waals surface area contributed by atoms with Crippen molar-refractivity contribution in [1.29, 1.82) is 0 Å². The Morgan fingerprint density at radius 2 is 1.73 bits per heavy atom. The van der Waals surface area contributed by atoms with E-state index in [0.717, 1.165) is 4.90 Å². The molecule has 1 aliphatic rings. The molecule has 22 heavy (non-hydrogen) atoms. The maximum atomic E-state index is 11.5. The molecule has 0 aromatic carbocycles. The van der Waals surface area contributed by atoms with E-state index in [9.17, 15) is 14.4 Å². The van der Waals surface area contributed by atoms with E-state index in [0.29, 0.717) is 45.9 Å². The lowest BCUT2D eigenvalue weighted by molar-refractivity contribution is -0.137. The van der Waals surface area contributed by atoms with Crippen LogP contribution in [-0.2, 0) is 23.9 Å². The lowest BCUT2D eigenvalue weighted by Crippen LogP contribution is -2.32. The molecule has 0 saturated carbocycles. The summed E-state index contributed by atoms with van der Waals surface area (Å²) in [6.45, 7) is 3.02. The molecule has 0 radical (unpaired) electrons. The van der Waals surface area contributed by atoms with Crippen LogP contribution in [-0.4, -0.2) is 68.7 Å². The van der Waals surface area contributed by atoms with Gasteiger partial charge in [0.25, 0.3) is 11.8 Å². The maximum absolute atomic E-state index is 11.5. The minimum absolute atomic E-state index is 0.130. The molecule has 0 fully saturated rings. The molecule has 0 bridgehead atoms. The fourth-order valence-corrected chi connectivity index (χ4v) is 1.81. The van der Waals surface area contributed by atoms with Gasteiger partial charge in [0.15, 0.2) is 0 Å². The summed E-state index contributed by atoms with van der Waals surface area (Å²) in [6, 6.07) is 0. The number of imide groups is 1. The summed E-state index contributed by atoms with van der Waals surface area (Å²) in [6.07, 6.45) is 3.17. The molecule has 1 heterocycles. The minimum Gasteiger partial charge on any atom is -0.378 e. The Kier molecular flexibility index (Phi) is 9.04. The summed E-state index contributed by atoms with van der Waals surface area (Å²) in [7, 11) is 0. The van der Waals surface area contributed by atoms with Crippen molar-refractivity contribution < 1.29 is 23.9 Å². The average molecular weight is 313 g/mol. The predicted octanol–water partition coefficient (Wildman–Crippen LogP) is -1.20. The van der Waals surface area contributed by atoms with E-state index in [1.165, 1.54) is 12.2 Å². The zero-order valence-corrected chi connectivity index (χ0v) is 12.6. The van der Waals surface area contributed by atoms with Gasteiger partial charge < -0.3 is 20.5 Å². The molecule has 0 spiro atoms. The number of hydrogen-bond donors (Lipinski definition) is 2. The van der Waals surface area contributed by atoms with Crippen molar-refractivity contribution in [2.75, 3.05) is 46.1 Å². The highest BCUT2D eigenvalue weighted by atomic mass is 16.5. The number of carbonyl (C=O) groups excluding carboxylic acids is 3. The van der Waals surface area contributed by atoms with Gasteiger partial charge in [0, 0.05) is 38.2 Å². The Labute approximate surface area is 129 Å². The number of ether oxygens (including phenoxy) is 2. The third-order valence-electron chi connectivity index (χ3n) is 2.89. The molecule has 0 unspecified atom stereocenters. The first-order valence-corrected chi connectivity index (χ1v) is 7.31. The molecule has 0 saturated heterocycles. The van der Waals surface area contributed by atoms with Crippen LogP contribution in [0.2, 0.25) is 0 Å². The second-order valence-electron chi connectivity index (χ2n) is 4.63. The summed E-state index contributed by atoms with van der Waals surface area (Å²) >= 11 is 0. The highest BCUT2D eigenvalue weighted by molar-refractivity contribution is 6.12. The molecular weight excluding hydrogens is 290 g/mol. The topological polar surface area (TPSA) is 111 Å². The number of amides is 3. The average Bonchev–Trinajstić information content (AvgIpc) is 2.82. The van der Waals surface area contributed by atoms with E-state index in [1.54, 1.807) is 0 Å². The van der Waals surface area contributed by atoms with Crippen LogP contribution in [0.15, 0.2) is 12.2 Å². The third kappa shape index (κ3) is 7.30. The SMILES string of the molecule is NCCOCCOCCNC(=O)CCCN1C(=O)C=CC1=O. The first kappa shape index (κ1) is 18.3. The van der Waals surface area contributed by atoms with E-state index in [-0.39, 0.29) is 30.7 Å². The van der Waals surface area contributed by atoms with Crippen molar-refractivity contribution in [2.24, 2.45) is 5.73 Å². The van der Waals surface area contributed by atoms with E-state index >= 15 is 0 Å². The molecule has 1 aliphatic heterocycles. The van der Waals surface area contributed by atoms with E-state index in [2.05, 4.69) is 5.32 Å². The summed E-state index contributed by atoms with van der Waals surface area (Å²) in [5, 5.41) is 2.70. The summed E-state index contributed by atoms with van der Waals surface area (Å²) < 4.78 is 10.4. The summed E-state index contributed by atoms with van der Waals surface area (Å²) in [4.78, 5) is 35.2. The van der Waals surface area contributed by atoms with Gasteiger partial charge in [-0.05, 0) is 6.42 Å². The molecule has 0 aromatic rings. The van der Waals surface area contributed by atoms with Crippen LogP contribution in [0.3, 0.4) is 0 Å². The summed E-state index contributed by atoms with van der Waals surface area (Å²) in [5.74, 6) is -0.777. The van der Waals surface area contributed by atoms with Gasteiger partial charge in [-0.15, -0.1) is 0 Å². The zero-order valence-electron chi connectivity index (χ0n) is 12.6. The van der Waals surface area contributed by atoms with E-state index in [1.807, 2.05) is 0 Å². The second kappa shape index (κ2) is 10.9. The first-order valence-electron chi connectivity index (χ1n) is 7.31. The lowest BCUT2D eigenvalue weighted by atomic mass is 10.3. The van der Waals surface area contributed by atoms with Gasteiger partial charge in [-0.3, -0.25) is 19.3 Å². The standard InChI is InChI=1S/C14H23N3O5/c15-5-8-21-10-11-22-9-6-16-12(18)2-1-7-17-13(19)3-4-14(17)20/h3-4H,1-2,5-11,15H2,(H,16,18). The number of nitrogens with zero attached hydrogens (tertiary/aromatic N) is 1. The smallest absolute Gasteiger partial charge is 0.253 e. The fraction of sp³-hybridized carbons (Fsp3) is 0.643. The van der Waals surface area contributed by atoms with E-state index < -0.39 is 0 Å². The molecule has 8 heteroatoms. The monoisotopic (exact) mass is 313 g/mol. The summed E-state index contributed by atoms with van der Waals surface area (Å²) in [5.41, 5.74) is 5.26. The Morgan fingerprint density at radius 1 is 1.09 bits per heavy atom. The van der Waals surface area contributed by atoms with Gasteiger partial charge in [-0.25, -0.2) is 0 Å². The number of carbonyl (C=O) groups is 3. The Morgan fingerprint density at radius 3 is 2.36 bits per heavy atom. The minimum atomic E-state index is -0.323. The van der Waals surface area contributed by atoms with Crippen LogP contribution in [0.5, 0.6) is 0 Å². The maximum Gasteiger partial charge on any atom is 0.253 e. The van der Waals surface area contributed by atoms with Crippen molar-refractivity contribution in [3.63, 3.8) is 0 Å². The predicted molar refractivity (Wildman–Crippen MR) is 78.8 cm³/mol. The van der Waals surface area contributed by atoms with Crippen molar-refractivity contribution in [3.8, 4) is 0 Å². The highest BCUT2D eigenvalue weighted by Gasteiger charge is 2.22. The molecule has 124 valence electrons. The molecule has 0 aromatic heterocycles. The third-order valence-corrected chi connectivity index (χ3v) is 2.89. The van der Waals surface area contributed by atoms with Crippen LogP contribution < -0.4 is 11.1 Å². The largest absolute Gasteiger partial charge is 0.378 e. The molecule has 3 amide bonds. The van der Waals surface area contributed by atoms with Crippen LogP contribution >= 0.6 is 0 Å². The van der Waals surface area contributed by atoms with Crippen molar-refractivity contribution in [3.05, 3.63) is 12.2 Å². The second-order valence-corrected chi connectivity index (χ2v) is 4.63. The quantitative estimate of drug-likeness (QED) is 0.346. The molecule has 0 aliphatic carbocycles. The molecule has 0 atom stereocenters. The van der Waals surface area contributed by atoms with E-state index in [4.69, 9.17) is 15.2 Å². The molecular formula is C14H23N3O5. The van der Waals surface area contributed by atoms with Crippen molar-refractivity contribution >= 4 is 17.7 Å². The Balaban J connectivity index is 1.94. The number of hydrogen-bond acceptors (Lipinski definition) is 6. The molecule has 8 nitrogen and oxygen atoms in total. The number of rotatable bonds is 12. The normalized spacial score (nSPS) is 14.0. The zero-order chi connectivity index (χ0) is 16.2. The molecule has 3 N–H and O–H groups in total. The Hall–Kier alpha value is -1.77. The van der Waals surface area contributed by atoms with Gasteiger partial charge in [-0.2, -0.15) is 0 Å². The fourth-order valence-electron chi connectivity index (χ4n) is 1.81. The Bertz CT molecular complexity index is 393. The molecule has 1 rings (SSSR count). The van der Waals surface area contributed by atoms with Gasteiger partial charge in [0.2, 0.25) is 5.91 Å². The number of nitrogens with two attached hydrogens (primary N) is 1. The van der Waals surface area contributed by atoms with Crippen LogP contribution in [0, 0.1) is 0 Å². The van der Waals surface area contributed by atoms with Crippen molar-refractivity contribution in [2.45, 2.75) is 12.8 Å². The van der Waals surface area contributed by atoms with Gasteiger partial charge in [-0.1, -0.05) is 0 Å². The van der Waals surface area contributed by atoms with Gasteiger partial charge >= 0.3 is 0 Å².